The van der Waals surface area contributed by atoms with E-state index >= 15 is 0 Å². The summed E-state index contributed by atoms with van der Waals surface area (Å²) in [5, 5.41) is 1.39. The molecule has 1 aliphatic heterocycles. The number of nitrogens with zero attached hydrogens (tertiary/aromatic N) is 2. The monoisotopic (exact) mass is 606 g/mol. The molecular formula is C30H21BrCl2N2OS. The average Bonchev–Trinajstić information content (AvgIpc) is 3.21. The number of thiazole rings is 1. The van der Waals surface area contributed by atoms with Gasteiger partial charge in [0.05, 0.1) is 16.3 Å². The molecule has 0 bridgehead atoms. The molecule has 1 unspecified atom stereocenters. The average molecular weight is 608 g/mol. The van der Waals surface area contributed by atoms with Crippen LogP contribution < -0.4 is 14.9 Å². The summed E-state index contributed by atoms with van der Waals surface area (Å²) in [5.41, 5.74) is 6.44. The molecule has 3 nitrogen and oxygen atoms in total. The maximum absolute atomic E-state index is 13.8. The lowest BCUT2D eigenvalue weighted by Crippen LogP contribution is -2.39. The molecule has 2 heterocycles. The summed E-state index contributed by atoms with van der Waals surface area (Å²) in [6, 6.07) is 23.4. The van der Waals surface area contributed by atoms with Crippen molar-refractivity contribution < 1.29 is 0 Å². The van der Waals surface area contributed by atoms with Crippen molar-refractivity contribution in [3.05, 3.63) is 141 Å². The molecule has 6 rings (SSSR count). The lowest BCUT2D eigenvalue weighted by atomic mass is 9.84. The summed E-state index contributed by atoms with van der Waals surface area (Å²) in [4.78, 5) is 19.6. The number of halogens is 3. The topological polar surface area (TPSA) is 34.4 Å². The lowest BCUT2D eigenvalue weighted by molar-refractivity contribution is 0.553. The van der Waals surface area contributed by atoms with Crippen LogP contribution in [-0.4, -0.2) is 4.57 Å². The van der Waals surface area contributed by atoms with E-state index in [9.17, 15) is 4.79 Å². The molecular weight excluding hydrogens is 587 g/mol. The Kier molecular flexibility index (Phi) is 6.80. The fraction of sp³-hybridized carbons (Fsp3) is 0.133. The maximum atomic E-state index is 13.8. The first kappa shape index (κ1) is 24.6. The standard InChI is InChI=1S/C30H21BrCl2N2OS/c31-22-10-4-19(5-11-22)17-26-29(36)35-28(20-8-14-24(33)15-9-20)25-3-1-2-21(27(25)34-30(35)37-26)16-18-6-12-23(32)13-7-18/h4-17,28H,1-3H2/b21-16+,26-17-. The maximum Gasteiger partial charge on any atom is 0.271 e. The minimum absolute atomic E-state index is 0.0213. The molecule has 0 spiro atoms. The van der Waals surface area contributed by atoms with E-state index in [0.29, 0.717) is 14.6 Å². The van der Waals surface area contributed by atoms with E-state index in [1.54, 1.807) is 0 Å². The summed E-state index contributed by atoms with van der Waals surface area (Å²) in [5.74, 6) is 0. The van der Waals surface area contributed by atoms with E-state index in [1.165, 1.54) is 22.5 Å². The van der Waals surface area contributed by atoms with Gasteiger partial charge in [0.1, 0.15) is 0 Å². The highest BCUT2D eigenvalue weighted by atomic mass is 79.9. The van der Waals surface area contributed by atoms with Crippen molar-refractivity contribution in [2.75, 3.05) is 0 Å². The van der Waals surface area contributed by atoms with Gasteiger partial charge in [0.15, 0.2) is 4.80 Å². The molecule has 0 amide bonds. The molecule has 37 heavy (non-hydrogen) atoms. The Morgan fingerprint density at radius 1 is 0.865 bits per heavy atom. The lowest BCUT2D eigenvalue weighted by Gasteiger charge is -2.31. The fourth-order valence-corrected chi connectivity index (χ4v) is 6.49. The van der Waals surface area contributed by atoms with E-state index in [2.05, 4.69) is 22.0 Å². The summed E-state index contributed by atoms with van der Waals surface area (Å²) in [7, 11) is 0. The normalized spacial score (nSPS) is 18.5. The molecule has 0 radical (unpaired) electrons. The van der Waals surface area contributed by atoms with Gasteiger partial charge in [0, 0.05) is 14.5 Å². The summed E-state index contributed by atoms with van der Waals surface area (Å²) < 4.78 is 3.53. The Labute approximate surface area is 236 Å². The van der Waals surface area contributed by atoms with E-state index < -0.39 is 0 Å². The highest BCUT2D eigenvalue weighted by Crippen LogP contribution is 2.41. The number of allylic oxidation sites excluding steroid dienone is 2. The Morgan fingerprint density at radius 3 is 2.19 bits per heavy atom. The first-order valence-corrected chi connectivity index (χ1v) is 14.4. The molecule has 0 saturated heterocycles. The van der Waals surface area contributed by atoms with E-state index in [0.717, 1.165) is 50.9 Å². The van der Waals surface area contributed by atoms with Gasteiger partial charge >= 0.3 is 0 Å². The zero-order chi connectivity index (χ0) is 25.5. The second-order valence-electron chi connectivity index (χ2n) is 9.13. The predicted molar refractivity (Wildman–Crippen MR) is 157 cm³/mol. The molecule has 3 aromatic carbocycles. The summed E-state index contributed by atoms with van der Waals surface area (Å²) >= 11 is 17.3. The third-order valence-corrected chi connectivity index (χ3v) is 8.71. The van der Waals surface area contributed by atoms with Crippen LogP contribution in [-0.2, 0) is 0 Å². The third-order valence-electron chi connectivity index (χ3n) is 6.70. The predicted octanol–water partition coefficient (Wildman–Crippen LogP) is 7.55. The Morgan fingerprint density at radius 2 is 1.49 bits per heavy atom. The number of fused-ring (bicyclic) bond motifs is 1. The Hall–Kier alpha value is -2.70. The van der Waals surface area contributed by atoms with Gasteiger partial charge in [0.2, 0.25) is 0 Å². The van der Waals surface area contributed by atoms with Crippen LogP contribution in [0.15, 0.2) is 104 Å². The van der Waals surface area contributed by atoms with Crippen molar-refractivity contribution in [3.63, 3.8) is 0 Å². The first-order chi connectivity index (χ1) is 18.0. The minimum Gasteiger partial charge on any atom is -0.272 e. The van der Waals surface area contributed by atoms with Crippen LogP contribution >= 0.6 is 50.5 Å². The smallest absolute Gasteiger partial charge is 0.271 e. The van der Waals surface area contributed by atoms with Crippen LogP contribution in [0.1, 0.15) is 42.0 Å². The van der Waals surface area contributed by atoms with E-state index in [1.807, 2.05) is 83.4 Å². The van der Waals surface area contributed by atoms with Crippen LogP contribution in [0.5, 0.6) is 0 Å². The van der Waals surface area contributed by atoms with Gasteiger partial charge in [-0.15, -0.1) is 0 Å². The van der Waals surface area contributed by atoms with Gasteiger partial charge in [-0.3, -0.25) is 9.36 Å². The van der Waals surface area contributed by atoms with Crippen molar-refractivity contribution in [1.29, 1.82) is 0 Å². The number of rotatable bonds is 3. The number of benzene rings is 3. The molecule has 4 aromatic rings. The van der Waals surface area contributed by atoms with Crippen molar-refractivity contribution in [3.8, 4) is 0 Å². The van der Waals surface area contributed by atoms with Crippen molar-refractivity contribution >= 4 is 62.6 Å². The molecule has 1 atom stereocenters. The van der Waals surface area contributed by atoms with Gasteiger partial charge in [-0.25, -0.2) is 4.99 Å². The molecule has 1 aliphatic carbocycles. The molecule has 0 N–H and O–H groups in total. The Bertz CT molecular complexity index is 1730. The zero-order valence-corrected chi connectivity index (χ0v) is 23.5. The summed E-state index contributed by atoms with van der Waals surface area (Å²) in [6.45, 7) is 0. The second kappa shape index (κ2) is 10.2. The third kappa shape index (κ3) is 4.94. The molecule has 1 aromatic heterocycles. The number of hydrogen-bond donors (Lipinski definition) is 0. The second-order valence-corrected chi connectivity index (χ2v) is 11.9. The van der Waals surface area contributed by atoms with Crippen molar-refractivity contribution in [2.24, 2.45) is 4.99 Å². The quantitative estimate of drug-likeness (QED) is 0.237. The van der Waals surface area contributed by atoms with Crippen molar-refractivity contribution in [2.45, 2.75) is 25.3 Å². The molecule has 0 saturated carbocycles. The largest absolute Gasteiger partial charge is 0.272 e. The molecule has 7 heteroatoms. The van der Waals surface area contributed by atoms with Crippen LogP contribution in [0.2, 0.25) is 10.0 Å². The molecule has 184 valence electrons. The van der Waals surface area contributed by atoms with Gasteiger partial charge in [-0.1, -0.05) is 86.9 Å². The number of aromatic nitrogens is 1. The van der Waals surface area contributed by atoms with E-state index in [4.69, 9.17) is 28.2 Å². The van der Waals surface area contributed by atoms with E-state index in [-0.39, 0.29) is 11.6 Å². The van der Waals surface area contributed by atoms with Gasteiger partial charge < -0.3 is 0 Å². The van der Waals surface area contributed by atoms with Crippen LogP contribution in [0.3, 0.4) is 0 Å². The molecule has 2 aliphatic rings. The van der Waals surface area contributed by atoms with Crippen molar-refractivity contribution in [1.82, 2.24) is 4.57 Å². The van der Waals surface area contributed by atoms with Gasteiger partial charge in [0.25, 0.3) is 5.56 Å². The highest BCUT2D eigenvalue weighted by Gasteiger charge is 2.32. The first-order valence-electron chi connectivity index (χ1n) is 12.0. The van der Waals surface area contributed by atoms with Gasteiger partial charge in [-0.05, 0) is 95.6 Å². The van der Waals surface area contributed by atoms with Crippen LogP contribution in [0.4, 0.5) is 0 Å². The van der Waals surface area contributed by atoms with Gasteiger partial charge in [-0.2, -0.15) is 0 Å². The number of hydrogen-bond acceptors (Lipinski definition) is 3. The fourth-order valence-electron chi connectivity index (χ4n) is 4.97. The molecule has 0 fully saturated rings. The zero-order valence-electron chi connectivity index (χ0n) is 19.6. The summed E-state index contributed by atoms with van der Waals surface area (Å²) in [6.07, 6.45) is 6.97. The SMILES string of the molecule is O=c1/c(=C/c2ccc(Br)cc2)sc2n1C(c1ccc(Cl)cc1)C1=C(N=2)/C(=C/c2ccc(Cl)cc2)CCC1. The van der Waals surface area contributed by atoms with Crippen LogP contribution in [0.25, 0.3) is 12.2 Å². The highest BCUT2D eigenvalue weighted by molar-refractivity contribution is 9.10. The van der Waals surface area contributed by atoms with Crippen LogP contribution in [0, 0.1) is 0 Å². The Balaban J connectivity index is 1.57. The minimum atomic E-state index is -0.218.